The highest BCUT2D eigenvalue weighted by molar-refractivity contribution is 7.11. The van der Waals surface area contributed by atoms with Gasteiger partial charge in [-0.2, -0.15) is 0 Å². The van der Waals surface area contributed by atoms with Crippen molar-refractivity contribution in [3.8, 4) is 0 Å². The molecular weight excluding hydrogens is 294 g/mol. The number of thiophene rings is 1. The molecule has 0 aliphatic carbocycles. The van der Waals surface area contributed by atoms with E-state index in [-0.39, 0.29) is 17.3 Å². The van der Waals surface area contributed by atoms with Gasteiger partial charge >= 0.3 is 0 Å². The molecular formula is C15H16F2N2OS. The molecule has 0 bridgehead atoms. The van der Waals surface area contributed by atoms with Gasteiger partial charge in [0.15, 0.2) is 0 Å². The minimum Gasteiger partial charge on any atom is -0.396 e. The van der Waals surface area contributed by atoms with E-state index in [1.165, 1.54) is 4.88 Å². The Balaban J connectivity index is 2.05. The lowest BCUT2D eigenvalue weighted by atomic mass is 10.1. The number of nitrogens with one attached hydrogen (secondary N) is 1. The van der Waals surface area contributed by atoms with Crippen molar-refractivity contribution in [1.29, 1.82) is 0 Å². The van der Waals surface area contributed by atoms with Crippen LogP contribution in [-0.4, -0.2) is 11.9 Å². The van der Waals surface area contributed by atoms with Crippen molar-refractivity contribution >= 4 is 22.9 Å². The van der Waals surface area contributed by atoms with Crippen LogP contribution in [0.25, 0.3) is 0 Å². The van der Waals surface area contributed by atoms with Gasteiger partial charge in [0.05, 0.1) is 11.3 Å². The fraction of sp³-hybridized carbons (Fsp3) is 0.267. The Bertz CT molecular complexity index is 670. The number of anilines is 1. The molecule has 6 heteroatoms. The summed E-state index contributed by atoms with van der Waals surface area (Å²) in [5.74, 6) is -2.38. The molecule has 0 aliphatic rings. The predicted molar refractivity (Wildman–Crippen MR) is 80.5 cm³/mol. The van der Waals surface area contributed by atoms with Gasteiger partial charge in [-0.15, -0.1) is 11.3 Å². The molecule has 1 atom stereocenters. The number of nitrogen functional groups attached to an aromatic ring is 1. The molecule has 0 aliphatic heterocycles. The summed E-state index contributed by atoms with van der Waals surface area (Å²) in [7, 11) is 0. The minimum atomic E-state index is -0.918. The third kappa shape index (κ3) is 3.78. The molecule has 3 nitrogen and oxygen atoms in total. The lowest BCUT2D eigenvalue weighted by Gasteiger charge is -2.13. The van der Waals surface area contributed by atoms with Crippen LogP contribution in [-0.2, 0) is 6.42 Å². The number of halogens is 2. The van der Waals surface area contributed by atoms with Crippen molar-refractivity contribution in [3.63, 3.8) is 0 Å². The van der Waals surface area contributed by atoms with E-state index in [2.05, 4.69) is 5.32 Å². The SMILES string of the molecule is Cc1ccc(CC(C)NC(=O)c2cc(N)c(F)cc2F)s1. The van der Waals surface area contributed by atoms with Crippen LogP contribution in [0.2, 0.25) is 0 Å². The quantitative estimate of drug-likeness (QED) is 0.852. The van der Waals surface area contributed by atoms with Gasteiger partial charge in [0.1, 0.15) is 11.6 Å². The fourth-order valence-electron chi connectivity index (χ4n) is 1.99. The molecule has 0 saturated carbocycles. The molecule has 1 aromatic heterocycles. The highest BCUT2D eigenvalue weighted by Gasteiger charge is 2.17. The van der Waals surface area contributed by atoms with Gasteiger partial charge in [-0.3, -0.25) is 4.79 Å². The number of amides is 1. The summed E-state index contributed by atoms with van der Waals surface area (Å²) >= 11 is 1.65. The van der Waals surface area contributed by atoms with Crippen LogP contribution in [0.1, 0.15) is 27.0 Å². The second kappa shape index (κ2) is 6.22. The molecule has 2 aromatic rings. The average Bonchev–Trinajstić information content (AvgIpc) is 2.78. The minimum absolute atomic E-state index is 0.166. The number of nitrogens with two attached hydrogens (primary N) is 1. The van der Waals surface area contributed by atoms with Gasteiger partial charge in [0.2, 0.25) is 0 Å². The normalized spacial score (nSPS) is 12.2. The second-order valence-electron chi connectivity index (χ2n) is 4.94. The predicted octanol–water partition coefficient (Wildman–Crippen LogP) is 3.28. The Hall–Kier alpha value is -1.95. The van der Waals surface area contributed by atoms with Crippen LogP contribution in [0.4, 0.5) is 14.5 Å². The van der Waals surface area contributed by atoms with Gasteiger partial charge in [-0.25, -0.2) is 8.78 Å². The standard InChI is InChI=1S/C15H16F2N2OS/c1-8(5-10-4-3-9(2)21-10)19-15(20)11-6-14(18)13(17)7-12(11)16/h3-4,6-8H,5,18H2,1-2H3,(H,19,20). The third-order valence-corrected chi connectivity index (χ3v) is 4.03. The van der Waals surface area contributed by atoms with Gasteiger partial charge in [-0.1, -0.05) is 0 Å². The molecule has 1 unspecified atom stereocenters. The summed E-state index contributed by atoms with van der Waals surface area (Å²) in [6.45, 7) is 3.84. The van der Waals surface area contributed by atoms with Crippen LogP contribution >= 0.6 is 11.3 Å². The molecule has 2 rings (SSSR count). The Morgan fingerprint density at radius 2 is 2.05 bits per heavy atom. The van der Waals surface area contributed by atoms with Crippen LogP contribution in [0, 0.1) is 18.6 Å². The molecule has 1 aromatic carbocycles. The summed E-state index contributed by atoms with van der Waals surface area (Å²) in [6.07, 6.45) is 0.655. The van der Waals surface area contributed by atoms with E-state index in [0.29, 0.717) is 12.5 Å². The van der Waals surface area contributed by atoms with Gasteiger partial charge in [0, 0.05) is 28.3 Å². The lowest BCUT2D eigenvalue weighted by Crippen LogP contribution is -2.34. The Morgan fingerprint density at radius 1 is 1.33 bits per heavy atom. The van der Waals surface area contributed by atoms with Crippen molar-refractivity contribution in [1.82, 2.24) is 5.32 Å². The fourth-order valence-corrected chi connectivity index (χ4v) is 3.01. The smallest absolute Gasteiger partial charge is 0.254 e. The van der Waals surface area contributed by atoms with Crippen LogP contribution in [0.5, 0.6) is 0 Å². The maximum Gasteiger partial charge on any atom is 0.254 e. The Morgan fingerprint density at radius 3 is 2.67 bits per heavy atom. The first-order valence-corrected chi connectivity index (χ1v) is 7.29. The molecule has 112 valence electrons. The number of rotatable bonds is 4. The van der Waals surface area contributed by atoms with Crippen LogP contribution in [0.3, 0.4) is 0 Å². The first kappa shape index (κ1) is 15.4. The number of aryl methyl sites for hydroxylation is 1. The molecule has 0 radical (unpaired) electrons. The number of carbonyl (C=O) groups excluding carboxylic acids is 1. The maximum absolute atomic E-state index is 13.6. The van der Waals surface area contributed by atoms with Crippen molar-refractivity contribution in [2.24, 2.45) is 0 Å². The molecule has 0 spiro atoms. The van der Waals surface area contributed by atoms with E-state index in [4.69, 9.17) is 5.73 Å². The van der Waals surface area contributed by atoms with Gasteiger partial charge in [-0.05, 0) is 32.0 Å². The van der Waals surface area contributed by atoms with Crippen molar-refractivity contribution in [2.45, 2.75) is 26.3 Å². The summed E-state index contributed by atoms with van der Waals surface area (Å²) in [5.41, 5.74) is 4.87. The van der Waals surface area contributed by atoms with Gasteiger partial charge < -0.3 is 11.1 Å². The summed E-state index contributed by atoms with van der Waals surface area (Å²) in [4.78, 5) is 14.3. The summed E-state index contributed by atoms with van der Waals surface area (Å²) in [6, 6.07) is 5.48. The van der Waals surface area contributed by atoms with Gasteiger partial charge in [0.25, 0.3) is 5.91 Å². The van der Waals surface area contributed by atoms with E-state index in [0.717, 1.165) is 10.9 Å². The second-order valence-corrected chi connectivity index (χ2v) is 6.32. The van der Waals surface area contributed by atoms with Crippen LogP contribution in [0.15, 0.2) is 24.3 Å². The number of hydrogen-bond acceptors (Lipinski definition) is 3. The third-order valence-electron chi connectivity index (χ3n) is 3.01. The molecule has 0 fully saturated rings. The molecule has 3 N–H and O–H groups in total. The largest absolute Gasteiger partial charge is 0.396 e. The highest BCUT2D eigenvalue weighted by Crippen LogP contribution is 2.18. The van der Waals surface area contributed by atoms with Crippen LogP contribution < -0.4 is 11.1 Å². The Labute approximate surface area is 125 Å². The number of carbonyl (C=O) groups is 1. The van der Waals surface area contributed by atoms with E-state index >= 15 is 0 Å². The first-order valence-electron chi connectivity index (χ1n) is 6.47. The van der Waals surface area contributed by atoms with E-state index in [1.807, 2.05) is 26.0 Å². The van der Waals surface area contributed by atoms with Crippen molar-refractivity contribution in [2.75, 3.05) is 5.73 Å². The zero-order chi connectivity index (χ0) is 15.6. The molecule has 1 heterocycles. The maximum atomic E-state index is 13.6. The highest BCUT2D eigenvalue weighted by atomic mass is 32.1. The average molecular weight is 310 g/mol. The van der Waals surface area contributed by atoms with E-state index < -0.39 is 17.5 Å². The van der Waals surface area contributed by atoms with E-state index in [9.17, 15) is 13.6 Å². The monoisotopic (exact) mass is 310 g/mol. The topological polar surface area (TPSA) is 55.1 Å². The first-order chi connectivity index (χ1) is 9.86. The molecule has 21 heavy (non-hydrogen) atoms. The molecule has 0 saturated heterocycles. The number of benzene rings is 1. The molecule has 1 amide bonds. The van der Waals surface area contributed by atoms with Crippen molar-refractivity contribution < 1.29 is 13.6 Å². The Kier molecular flexibility index (Phi) is 4.57. The summed E-state index contributed by atoms with van der Waals surface area (Å²) < 4.78 is 26.7. The summed E-state index contributed by atoms with van der Waals surface area (Å²) in [5, 5.41) is 2.69. The zero-order valence-electron chi connectivity index (χ0n) is 11.7. The lowest BCUT2D eigenvalue weighted by molar-refractivity contribution is 0.0936. The van der Waals surface area contributed by atoms with Crippen molar-refractivity contribution in [3.05, 3.63) is 51.2 Å². The van der Waals surface area contributed by atoms with E-state index in [1.54, 1.807) is 11.3 Å². The zero-order valence-corrected chi connectivity index (χ0v) is 12.6. The number of hydrogen-bond donors (Lipinski definition) is 2.